The number of nitrogens with zero attached hydrogens (tertiary/aromatic N) is 2. The molecule has 0 saturated carbocycles. The molecule has 0 aliphatic rings. The number of aliphatic hydroxyl groups is 1. The molecule has 1 aromatic heterocycles. The van der Waals surface area contributed by atoms with Crippen LogP contribution < -0.4 is 5.32 Å². The van der Waals surface area contributed by atoms with Crippen LogP contribution in [0.15, 0.2) is 34.9 Å². The molecule has 0 bridgehead atoms. The van der Waals surface area contributed by atoms with Gasteiger partial charge in [0.15, 0.2) is 0 Å². The number of benzene rings is 1. The Kier molecular flexibility index (Phi) is 5.83. The van der Waals surface area contributed by atoms with E-state index in [4.69, 9.17) is 9.68 Å². The van der Waals surface area contributed by atoms with Gasteiger partial charge in [-0.1, -0.05) is 0 Å². The van der Waals surface area contributed by atoms with Gasteiger partial charge in [-0.15, -0.1) is 0 Å². The van der Waals surface area contributed by atoms with E-state index in [-0.39, 0.29) is 43.4 Å². The van der Waals surface area contributed by atoms with Gasteiger partial charge in [-0.3, -0.25) is 4.79 Å². The zero-order valence-corrected chi connectivity index (χ0v) is 12.3. The second kappa shape index (κ2) is 8.06. The first-order chi connectivity index (χ1) is 11.1. The minimum absolute atomic E-state index is 0.144. The maximum absolute atomic E-state index is 12.9. The molecule has 0 radical (unpaired) electrons. The van der Waals surface area contributed by atoms with Crippen molar-refractivity contribution in [3.8, 4) is 17.5 Å². The molecular weight excluding hydrogens is 301 g/mol. The van der Waals surface area contributed by atoms with Crippen molar-refractivity contribution in [2.75, 3.05) is 6.54 Å². The summed E-state index contributed by atoms with van der Waals surface area (Å²) in [5, 5.41) is 21.0. The summed E-state index contributed by atoms with van der Waals surface area (Å²) in [4.78, 5) is 15.5. The monoisotopic (exact) mass is 317 g/mol. The average Bonchev–Trinajstić information content (AvgIpc) is 3.03. The SMILES string of the molecule is N#CCCC(=O)NCCC(O)c1coc(-c2ccc(F)cc2)n1. The zero-order valence-electron chi connectivity index (χ0n) is 12.3. The molecule has 0 aliphatic carbocycles. The van der Waals surface area contributed by atoms with Gasteiger partial charge in [0, 0.05) is 24.9 Å². The van der Waals surface area contributed by atoms with Crippen molar-refractivity contribution in [3.05, 3.63) is 42.0 Å². The van der Waals surface area contributed by atoms with Crippen molar-refractivity contribution in [2.24, 2.45) is 0 Å². The van der Waals surface area contributed by atoms with Crippen LogP contribution in [0.5, 0.6) is 0 Å². The number of carbonyl (C=O) groups is 1. The highest BCUT2D eigenvalue weighted by molar-refractivity contribution is 5.76. The van der Waals surface area contributed by atoms with Gasteiger partial charge in [-0.05, 0) is 30.7 Å². The third-order valence-corrected chi connectivity index (χ3v) is 3.16. The standard InChI is InChI=1S/C16H16FN3O3/c17-12-5-3-11(4-6-12)16-20-13(10-23-16)14(21)7-9-19-15(22)2-1-8-18/h3-6,10,14,21H,1-2,7,9H2,(H,19,22). The highest BCUT2D eigenvalue weighted by Gasteiger charge is 2.14. The predicted molar refractivity (Wildman–Crippen MR) is 79.3 cm³/mol. The number of aromatic nitrogens is 1. The molecule has 7 heteroatoms. The van der Waals surface area contributed by atoms with E-state index in [1.807, 2.05) is 6.07 Å². The van der Waals surface area contributed by atoms with Gasteiger partial charge in [-0.2, -0.15) is 5.26 Å². The van der Waals surface area contributed by atoms with E-state index in [2.05, 4.69) is 10.3 Å². The lowest BCUT2D eigenvalue weighted by Crippen LogP contribution is -2.25. The fourth-order valence-corrected chi connectivity index (χ4v) is 1.92. The Bertz CT molecular complexity index is 691. The topological polar surface area (TPSA) is 99.2 Å². The minimum Gasteiger partial charge on any atom is -0.444 e. The van der Waals surface area contributed by atoms with Crippen molar-refractivity contribution in [2.45, 2.75) is 25.4 Å². The minimum atomic E-state index is -0.885. The molecule has 1 unspecified atom stereocenters. The van der Waals surface area contributed by atoms with Gasteiger partial charge >= 0.3 is 0 Å². The number of rotatable bonds is 7. The second-order valence-corrected chi connectivity index (χ2v) is 4.90. The number of carbonyl (C=O) groups excluding carboxylic acids is 1. The van der Waals surface area contributed by atoms with Crippen LogP contribution in [0.4, 0.5) is 4.39 Å². The molecule has 2 rings (SSSR count). The summed E-state index contributed by atoms with van der Waals surface area (Å²) in [6.07, 6.45) is 1.03. The van der Waals surface area contributed by atoms with Crippen LogP contribution >= 0.6 is 0 Å². The van der Waals surface area contributed by atoms with E-state index in [9.17, 15) is 14.3 Å². The number of amides is 1. The number of nitriles is 1. The van der Waals surface area contributed by atoms with Crippen molar-refractivity contribution < 1.29 is 18.7 Å². The molecule has 0 fully saturated rings. The highest BCUT2D eigenvalue weighted by Crippen LogP contribution is 2.22. The maximum atomic E-state index is 12.9. The molecule has 0 saturated heterocycles. The average molecular weight is 317 g/mol. The van der Waals surface area contributed by atoms with E-state index >= 15 is 0 Å². The summed E-state index contributed by atoms with van der Waals surface area (Å²) in [5.74, 6) is -0.296. The van der Waals surface area contributed by atoms with Crippen molar-refractivity contribution >= 4 is 5.91 Å². The number of halogens is 1. The quantitative estimate of drug-likeness (QED) is 0.816. The van der Waals surface area contributed by atoms with Crippen molar-refractivity contribution in [1.82, 2.24) is 10.3 Å². The predicted octanol–water partition coefficient (Wildman–Crippen LogP) is 2.32. The zero-order chi connectivity index (χ0) is 16.7. The summed E-state index contributed by atoms with van der Waals surface area (Å²) in [6.45, 7) is 0.268. The molecule has 2 aromatic rings. The summed E-state index contributed by atoms with van der Waals surface area (Å²) < 4.78 is 18.2. The van der Waals surface area contributed by atoms with Gasteiger partial charge in [0.05, 0.1) is 6.07 Å². The van der Waals surface area contributed by atoms with E-state index in [0.29, 0.717) is 11.3 Å². The molecule has 2 N–H and O–H groups in total. The normalized spacial score (nSPS) is 11.7. The lowest BCUT2D eigenvalue weighted by molar-refractivity contribution is -0.121. The lowest BCUT2D eigenvalue weighted by atomic mass is 10.2. The van der Waals surface area contributed by atoms with Gasteiger partial charge in [0.1, 0.15) is 23.9 Å². The van der Waals surface area contributed by atoms with Crippen molar-refractivity contribution in [3.63, 3.8) is 0 Å². The van der Waals surface area contributed by atoms with Crippen LogP contribution in [0.25, 0.3) is 11.5 Å². The number of hydrogen-bond donors (Lipinski definition) is 2. The molecule has 0 aliphatic heterocycles. The fourth-order valence-electron chi connectivity index (χ4n) is 1.92. The molecule has 23 heavy (non-hydrogen) atoms. The second-order valence-electron chi connectivity index (χ2n) is 4.90. The summed E-state index contributed by atoms with van der Waals surface area (Å²) in [5.41, 5.74) is 0.949. The number of nitrogens with one attached hydrogen (secondary N) is 1. The molecule has 6 nitrogen and oxygen atoms in total. The molecule has 1 amide bonds. The van der Waals surface area contributed by atoms with E-state index in [0.717, 1.165) is 0 Å². The summed E-state index contributed by atoms with van der Waals surface area (Å²) in [6, 6.07) is 7.55. The molecule has 1 aromatic carbocycles. The van der Waals surface area contributed by atoms with E-state index < -0.39 is 6.10 Å². The Morgan fingerprint density at radius 2 is 2.17 bits per heavy atom. The van der Waals surface area contributed by atoms with Gasteiger partial charge in [-0.25, -0.2) is 9.37 Å². The number of oxazole rings is 1. The van der Waals surface area contributed by atoms with Gasteiger partial charge < -0.3 is 14.8 Å². The van der Waals surface area contributed by atoms with Crippen LogP contribution in [0.1, 0.15) is 31.1 Å². The van der Waals surface area contributed by atoms with Gasteiger partial charge in [0.2, 0.25) is 11.8 Å². The van der Waals surface area contributed by atoms with Crippen LogP contribution in [0, 0.1) is 17.1 Å². The molecule has 1 atom stereocenters. The number of aliphatic hydroxyl groups excluding tert-OH is 1. The highest BCUT2D eigenvalue weighted by atomic mass is 19.1. The van der Waals surface area contributed by atoms with Crippen LogP contribution in [0.3, 0.4) is 0 Å². The largest absolute Gasteiger partial charge is 0.444 e. The third kappa shape index (κ3) is 4.90. The fraction of sp³-hybridized carbons (Fsp3) is 0.312. The summed E-state index contributed by atoms with van der Waals surface area (Å²) >= 11 is 0. The summed E-state index contributed by atoms with van der Waals surface area (Å²) in [7, 11) is 0. The maximum Gasteiger partial charge on any atom is 0.226 e. The number of hydrogen-bond acceptors (Lipinski definition) is 5. The van der Waals surface area contributed by atoms with Crippen LogP contribution in [-0.2, 0) is 4.79 Å². The van der Waals surface area contributed by atoms with Gasteiger partial charge in [0.25, 0.3) is 0 Å². The Morgan fingerprint density at radius 3 is 2.87 bits per heavy atom. The Labute approximate surface area is 132 Å². The molecule has 0 spiro atoms. The smallest absolute Gasteiger partial charge is 0.226 e. The molecular formula is C16H16FN3O3. The Balaban J connectivity index is 1.86. The first-order valence-electron chi connectivity index (χ1n) is 7.13. The van der Waals surface area contributed by atoms with Crippen LogP contribution in [-0.4, -0.2) is 22.5 Å². The lowest BCUT2D eigenvalue weighted by Gasteiger charge is -2.08. The van der Waals surface area contributed by atoms with Crippen LogP contribution in [0.2, 0.25) is 0 Å². The molecule has 120 valence electrons. The first kappa shape index (κ1) is 16.6. The van der Waals surface area contributed by atoms with E-state index in [1.165, 1.54) is 30.5 Å². The molecule has 1 heterocycles. The first-order valence-corrected chi connectivity index (χ1v) is 7.13. The Morgan fingerprint density at radius 1 is 1.43 bits per heavy atom. The Hall–Kier alpha value is -2.72. The van der Waals surface area contributed by atoms with Crippen molar-refractivity contribution in [1.29, 1.82) is 5.26 Å². The third-order valence-electron chi connectivity index (χ3n) is 3.16. The van der Waals surface area contributed by atoms with E-state index in [1.54, 1.807) is 0 Å².